The number of rotatable bonds is 2. The highest BCUT2D eigenvalue weighted by Gasteiger charge is 2.38. The van der Waals surface area contributed by atoms with Crippen molar-refractivity contribution in [1.29, 1.82) is 0 Å². The maximum Gasteiger partial charge on any atom is 0.270 e. The Morgan fingerprint density at radius 3 is 3.05 bits per heavy atom. The van der Waals surface area contributed by atoms with Crippen LogP contribution in [-0.2, 0) is 0 Å². The Kier molecular flexibility index (Phi) is 2.72. The standard InChI is InChI=1S/C16H16N4O/c1-2-12-3-4-13-7-14(17-10-20(12)13)16(21)18-15-9-19-6-5-11(15)8-19/h1,3-4,7,10-11,15H,5-6,8-9H2,(H,18,21)/t11-,15?/m0/s1. The van der Waals surface area contributed by atoms with Gasteiger partial charge in [-0.25, -0.2) is 4.98 Å². The maximum atomic E-state index is 12.4. The molecule has 2 aliphatic rings. The van der Waals surface area contributed by atoms with Gasteiger partial charge < -0.3 is 10.2 Å². The Morgan fingerprint density at radius 2 is 2.33 bits per heavy atom. The molecule has 4 heterocycles. The Balaban J connectivity index is 1.55. The molecule has 21 heavy (non-hydrogen) atoms. The van der Waals surface area contributed by atoms with Crippen LogP contribution in [0.25, 0.3) is 5.52 Å². The molecular weight excluding hydrogens is 264 g/mol. The highest BCUT2D eigenvalue weighted by atomic mass is 16.2. The zero-order chi connectivity index (χ0) is 14.4. The number of aromatic nitrogens is 2. The third-order valence-electron chi connectivity index (χ3n) is 4.58. The van der Waals surface area contributed by atoms with Gasteiger partial charge in [-0.3, -0.25) is 9.20 Å². The van der Waals surface area contributed by atoms with E-state index >= 15 is 0 Å². The lowest BCUT2D eigenvalue weighted by Gasteiger charge is -2.22. The van der Waals surface area contributed by atoms with Crippen LogP contribution in [0.15, 0.2) is 24.5 Å². The van der Waals surface area contributed by atoms with Gasteiger partial charge in [0.2, 0.25) is 0 Å². The van der Waals surface area contributed by atoms with E-state index < -0.39 is 0 Å². The van der Waals surface area contributed by atoms with E-state index in [1.54, 1.807) is 16.8 Å². The number of terminal acetylenes is 1. The molecule has 2 saturated heterocycles. The zero-order valence-electron chi connectivity index (χ0n) is 11.6. The summed E-state index contributed by atoms with van der Waals surface area (Å²) in [5.74, 6) is 3.09. The van der Waals surface area contributed by atoms with Gasteiger partial charge in [0, 0.05) is 19.1 Å². The van der Waals surface area contributed by atoms with Crippen molar-refractivity contribution in [3.05, 3.63) is 35.9 Å². The van der Waals surface area contributed by atoms with Crippen LogP contribution in [0.2, 0.25) is 0 Å². The second kappa shape index (κ2) is 4.61. The van der Waals surface area contributed by atoms with Crippen LogP contribution in [0.1, 0.15) is 22.6 Å². The third kappa shape index (κ3) is 1.99. The molecule has 2 unspecified atom stereocenters. The first-order valence-corrected chi connectivity index (χ1v) is 7.21. The van der Waals surface area contributed by atoms with E-state index in [1.165, 1.54) is 13.0 Å². The van der Waals surface area contributed by atoms with Crippen molar-refractivity contribution < 1.29 is 4.79 Å². The third-order valence-corrected chi connectivity index (χ3v) is 4.58. The molecule has 4 rings (SSSR count). The lowest BCUT2D eigenvalue weighted by molar-refractivity contribution is 0.0919. The number of carbonyl (C=O) groups is 1. The summed E-state index contributed by atoms with van der Waals surface area (Å²) in [4.78, 5) is 19.0. The Labute approximate surface area is 123 Å². The molecular formula is C16H16N4O. The van der Waals surface area contributed by atoms with Crippen LogP contribution in [0.5, 0.6) is 0 Å². The minimum Gasteiger partial charge on any atom is -0.346 e. The summed E-state index contributed by atoms with van der Waals surface area (Å²) >= 11 is 0. The first kappa shape index (κ1) is 12.4. The average molecular weight is 280 g/mol. The second-order valence-electron chi connectivity index (χ2n) is 5.82. The van der Waals surface area contributed by atoms with Crippen molar-refractivity contribution >= 4 is 11.4 Å². The Hall–Kier alpha value is -2.32. The summed E-state index contributed by atoms with van der Waals surface area (Å²) in [6, 6.07) is 5.79. The number of fused-ring (bicyclic) bond motifs is 3. The molecule has 5 nitrogen and oxygen atoms in total. The summed E-state index contributed by atoms with van der Waals surface area (Å²) < 4.78 is 1.81. The van der Waals surface area contributed by atoms with E-state index in [0.717, 1.165) is 24.3 Å². The molecule has 1 amide bonds. The van der Waals surface area contributed by atoms with Crippen molar-refractivity contribution in [2.24, 2.45) is 5.92 Å². The lowest BCUT2D eigenvalue weighted by atomic mass is 10.00. The first-order chi connectivity index (χ1) is 10.2. The van der Waals surface area contributed by atoms with Crippen LogP contribution in [0.3, 0.4) is 0 Å². The van der Waals surface area contributed by atoms with Crippen molar-refractivity contribution in [3.8, 4) is 12.3 Å². The van der Waals surface area contributed by atoms with Crippen LogP contribution in [0.4, 0.5) is 0 Å². The SMILES string of the molecule is C#Cc1ccc2cc(C(=O)NC3CN4CC[C@H]3C4)ncn12. The average Bonchev–Trinajstić information content (AvgIpc) is 3.21. The van der Waals surface area contributed by atoms with Crippen molar-refractivity contribution in [2.75, 3.05) is 19.6 Å². The molecule has 3 atom stereocenters. The number of carbonyl (C=O) groups excluding carboxylic acids is 1. The van der Waals surface area contributed by atoms with Gasteiger partial charge >= 0.3 is 0 Å². The normalized spacial score (nSPS) is 26.9. The second-order valence-corrected chi connectivity index (χ2v) is 5.82. The molecule has 2 aromatic rings. The number of nitrogens with one attached hydrogen (secondary N) is 1. The van der Waals surface area contributed by atoms with E-state index in [9.17, 15) is 4.79 Å². The number of hydrogen-bond acceptors (Lipinski definition) is 3. The minimum atomic E-state index is -0.0975. The fourth-order valence-corrected chi connectivity index (χ4v) is 3.44. The summed E-state index contributed by atoms with van der Waals surface area (Å²) in [5, 5.41) is 3.12. The largest absolute Gasteiger partial charge is 0.346 e. The van der Waals surface area contributed by atoms with E-state index in [0.29, 0.717) is 11.6 Å². The highest BCUT2D eigenvalue weighted by molar-refractivity contribution is 5.93. The van der Waals surface area contributed by atoms with Crippen molar-refractivity contribution in [3.63, 3.8) is 0 Å². The molecule has 0 aromatic carbocycles. The van der Waals surface area contributed by atoms with Crippen molar-refractivity contribution in [2.45, 2.75) is 12.5 Å². The van der Waals surface area contributed by atoms with Gasteiger partial charge in [-0.2, -0.15) is 0 Å². The molecule has 0 radical (unpaired) electrons. The molecule has 0 spiro atoms. The maximum absolute atomic E-state index is 12.4. The van der Waals surface area contributed by atoms with Gasteiger partial charge in [-0.05, 0) is 37.1 Å². The van der Waals surface area contributed by atoms with Gasteiger partial charge in [0.05, 0.1) is 11.2 Å². The number of hydrogen-bond donors (Lipinski definition) is 1. The number of amides is 1. The van der Waals surface area contributed by atoms with Crippen molar-refractivity contribution in [1.82, 2.24) is 19.6 Å². The molecule has 2 aliphatic heterocycles. The van der Waals surface area contributed by atoms with Gasteiger partial charge in [-0.1, -0.05) is 5.92 Å². The molecule has 0 aliphatic carbocycles. The van der Waals surface area contributed by atoms with E-state index in [-0.39, 0.29) is 11.9 Å². The summed E-state index contributed by atoms with van der Waals surface area (Å²) in [5.41, 5.74) is 2.08. The van der Waals surface area contributed by atoms with Gasteiger partial charge in [0.25, 0.3) is 5.91 Å². The highest BCUT2D eigenvalue weighted by Crippen LogP contribution is 2.27. The monoisotopic (exact) mass is 280 g/mol. The van der Waals surface area contributed by atoms with Crippen LogP contribution in [0, 0.1) is 18.3 Å². The summed E-state index contributed by atoms with van der Waals surface area (Å²) in [6.45, 7) is 3.24. The molecule has 2 fully saturated rings. The van der Waals surface area contributed by atoms with Crippen LogP contribution in [-0.4, -0.2) is 45.9 Å². The summed E-state index contributed by atoms with van der Waals surface area (Å²) in [7, 11) is 0. The van der Waals surface area contributed by atoms with E-state index in [2.05, 4.69) is 21.1 Å². The lowest BCUT2D eigenvalue weighted by Crippen LogP contribution is -2.43. The molecule has 2 aromatic heterocycles. The van der Waals surface area contributed by atoms with Crippen LogP contribution >= 0.6 is 0 Å². The topological polar surface area (TPSA) is 49.6 Å². The zero-order valence-corrected chi connectivity index (χ0v) is 11.6. The fraction of sp³-hybridized carbons (Fsp3) is 0.375. The van der Waals surface area contributed by atoms with Crippen LogP contribution < -0.4 is 5.32 Å². The predicted molar refractivity (Wildman–Crippen MR) is 78.9 cm³/mol. The van der Waals surface area contributed by atoms with E-state index in [4.69, 9.17) is 6.42 Å². The van der Waals surface area contributed by atoms with Gasteiger partial charge in [0.1, 0.15) is 12.0 Å². The molecule has 0 saturated carbocycles. The smallest absolute Gasteiger partial charge is 0.270 e. The van der Waals surface area contributed by atoms with Gasteiger partial charge in [0.15, 0.2) is 0 Å². The number of nitrogens with zero attached hydrogens (tertiary/aromatic N) is 3. The fourth-order valence-electron chi connectivity index (χ4n) is 3.44. The minimum absolute atomic E-state index is 0.0975. The van der Waals surface area contributed by atoms with Gasteiger partial charge in [-0.15, -0.1) is 6.42 Å². The Bertz CT molecular complexity index is 757. The molecule has 106 valence electrons. The Morgan fingerprint density at radius 1 is 1.43 bits per heavy atom. The molecule has 2 bridgehead atoms. The predicted octanol–water partition coefficient (Wildman–Crippen LogP) is 0.749. The first-order valence-electron chi connectivity index (χ1n) is 7.21. The summed E-state index contributed by atoms with van der Waals surface area (Å²) in [6.07, 6.45) is 8.22. The molecule has 5 heteroatoms. The number of piperidine rings is 1. The quantitative estimate of drug-likeness (QED) is 0.826. The van der Waals surface area contributed by atoms with E-state index in [1.807, 2.05) is 12.1 Å². The molecule has 1 N–H and O–H groups in total.